The Morgan fingerprint density at radius 3 is 2.56 bits per heavy atom. The molecule has 0 fully saturated rings. The number of nitrogens with two attached hydrogens (primary N) is 1. The van der Waals surface area contributed by atoms with Gasteiger partial charge in [-0.1, -0.05) is 0 Å². The van der Waals surface area contributed by atoms with Crippen molar-refractivity contribution in [1.82, 2.24) is 0 Å². The van der Waals surface area contributed by atoms with E-state index in [1.807, 2.05) is 12.3 Å². The summed E-state index contributed by atoms with van der Waals surface area (Å²) in [5, 5.41) is 2.79. The Hall–Kier alpha value is -1.40. The lowest BCUT2D eigenvalue weighted by atomic mass is 10.2. The van der Waals surface area contributed by atoms with Gasteiger partial charge in [0, 0.05) is 11.0 Å². The van der Waals surface area contributed by atoms with Crippen LogP contribution < -0.4 is 20.5 Å². The summed E-state index contributed by atoms with van der Waals surface area (Å²) < 4.78 is 11.0. The van der Waals surface area contributed by atoms with Crippen LogP contribution in [0, 0.1) is 0 Å². The molecule has 1 atom stereocenters. The number of rotatable bonds is 3. The predicted molar refractivity (Wildman–Crippen MR) is 71.5 cm³/mol. The molecule has 3 N–H and O–H groups in total. The van der Waals surface area contributed by atoms with Crippen LogP contribution in [0.5, 0.6) is 11.5 Å². The molecule has 1 aliphatic heterocycles. The quantitative estimate of drug-likeness (QED) is 0.812. The van der Waals surface area contributed by atoms with Gasteiger partial charge in [0.1, 0.15) is 13.2 Å². The number of ether oxygens (including phenoxy) is 2. The molecule has 1 heterocycles. The molecule has 0 aliphatic carbocycles. The molecule has 5 nitrogen and oxygen atoms in total. The minimum absolute atomic E-state index is 0.220. The third kappa shape index (κ3) is 2.70. The molecule has 1 aromatic carbocycles. The molecule has 0 aromatic heterocycles. The zero-order valence-electron chi connectivity index (χ0n) is 10.4. The fourth-order valence-electron chi connectivity index (χ4n) is 1.58. The summed E-state index contributed by atoms with van der Waals surface area (Å²) in [4.78, 5) is 12.6. The van der Waals surface area contributed by atoms with Crippen molar-refractivity contribution in [3.05, 3.63) is 12.1 Å². The smallest absolute Gasteiger partial charge is 0.241 e. The molecule has 0 saturated heterocycles. The van der Waals surface area contributed by atoms with E-state index in [2.05, 4.69) is 5.32 Å². The fourth-order valence-corrected chi connectivity index (χ4v) is 2.14. The zero-order valence-corrected chi connectivity index (χ0v) is 11.2. The first kappa shape index (κ1) is 13.0. The highest BCUT2D eigenvalue weighted by molar-refractivity contribution is 7.98. The van der Waals surface area contributed by atoms with Crippen molar-refractivity contribution in [2.75, 3.05) is 24.8 Å². The highest BCUT2D eigenvalue weighted by Gasteiger charge is 2.17. The first-order valence-electron chi connectivity index (χ1n) is 5.66. The van der Waals surface area contributed by atoms with Crippen molar-refractivity contribution in [2.45, 2.75) is 17.9 Å². The molecule has 1 aromatic rings. The first-order chi connectivity index (χ1) is 8.61. The topological polar surface area (TPSA) is 73.6 Å². The van der Waals surface area contributed by atoms with Crippen molar-refractivity contribution < 1.29 is 14.3 Å². The number of anilines is 1. The second-order valence-electron chi connectivity index (χ2n) is 3.97. The van der Waals surface area contributed by atoms with Crippen LogP contribution in [0.4, 0.5) is 5.69 Å². The Morgan fingerprint density at radius 2 is 2.00 bits per heavy atom. The van der Waals surface area contributed by atoms with Gasteiger partial charge in [-0.05, 0) is 19.2 Å². The maximum atomic E-state index is 11.6. The standard InChI is InChI=1S/C12H16N2O3S/c1-7(13)12(15)14-8-5-9-10(6-11(8)18-2)17-4-3-16-9/h5-7H,3-4,13H2,1-2H3,(H,14,15)/t7-/m0/s1. The second-order valence-corrected chi connectivity index (χ2v) is 4.82. The lowest BCUT2D eigenvalue weighted by molar-refractivity contribution is -0.117. The van der Waals surface area contributed by atoms with Crippen LogP contribution in [0.25, 0.3) is 0 Å². The monoisotopic (exact) mass is 268 g/mol. The number of fused-ring (bicyclic) bond motifs is 1. The summed E-state index contributed by atoms with van der Waals surface area (Å²) in [6.07, 6.45) is 1.94. The average Bonchev–Trinajstić information content (AvgIpc) is 2.37. The fraction of sp³-hybridized carbons (Fsp3) is 0.417. The molecule has 0 spiro atoms. The average molecular weight is 268 g/mol. The van der Waals surface area contributed by atoms with Gasteiger partial charge in [-0.2, -0.15) is 0 Å². The maximum Gasteiger partial charge on any atom is 0.241 e. The van der Waals surface area contributed by atoms with E-state index in [1.54, 1.807) is 13.0 Å². The number of hydrogen-bond donors (Lipinski definition) is 2. The number of benzene rings is 1. The summed E-state index contributed by atoms with van der Waals surface area (Å²) in [5.41, 5.74) is 6.24. The van der Waals surface area contributed by atoms with Gasteiger partial charge in [0.2, 0.25) is 5.91 Å². The van der Waals surface area contributed by atoms with Crippen LogP contribution in [-0.4, -0.2) is 31.4 Å². The van der Waals surface area contributed by atoms with E-state index >= 15 is 0 Å². The van der Waals surface area contributed by atoms with E-state index in [0.29, 0.717) is 30.4 Å². The normalized spacial score (nSPS) is 15.1. The Morgan fingerprint density at radius 1 is 1.39 bits per heavy atom. The van der Waals surface area contributed by atoms with E-state index in [9.17, 15) is 4.79 Å². The van der Waals surface area contributed by atoms with Crippen LogP contribution in [-0.2, 0) is 4.79 Å². The van der Waals surface area contributed by atoms with E-state index < -0.39 is 6.04 Å². The molecule has 0 bridgehead atoms. The molecule has 2 rings (SSSR count). The van der Waals surface area contributed by atoms with E-state index in [0.717, 1.165) is 4.90 Å². The Balaban J connectivity index is 2.30. The van der Waals surface area contributed by atoms with Crippen LogP contribution in [0.3, 0.4) is 0 Å². The molecule has 18 heavy (non-hydrogen) atoms. The van der Waals surface area contributed by atoms with E-state index in [1.165, 1.54) is 11.8 Å². The van der Waals surface area contributed by atoms with Gasteiger partial charge < -0.3 is 20.5 Å². The largest absolute Gasteiger partial charge is 0.486 e. The number of thioether (sulfide) groups is 1. The molecule has 1 aliphatic rings. The number of amides is 1. The summed E-state index contributed by atoms with van der Waals surface area (Å²) in [6.45, 7) is 2.71. The van der Waals surface area contributed by atoms with Gasteiger partial charge in [-0.25, -0.2) is 0 Å². The van der Waals surface area contributed by atoms with Crippen molar-refractivity contribution in [2.24, 2.45) is 5.73 Å². The van der Waals surface area contributed by atoms with Gasteiger partial charge in [0.25, 0.3) is 0 Å². The lowest BCUT2D eigenvalue weighted by Gasteiger charge is -2.21. The molecule has 0 radical (unpaired) electrons. The van der Waals surface area contributed by atoms with Crippen LogP contribution in [0.2, 0.25) is 0 Å². The zero-order chi connectivity index (χ0) is 13.1. The van der Waals surface area contributed by atoms with Gasteiger partial charge >= 0.3 is 0 Å². The van der Waals surface area contributed by atoms with Crippen molar-refractivity contribution in [3.63, 3.8) is 0 Å². The van der Waals surface area contributed by atoms with Crippen LogP contribution in [0.1, 0.15) is 6.92 Å². The molecule has 6 heteroatoms. The second kappa shape index (κ2) is 5.49. The molecule has 1 amide bonds. The van der Waals surface area contributed by atoms with Gasteiger partial charge in [-0.15, -0.1) is 11.8 Å². The van der Waals surface area contributed by atoms with Crippen LogP contribution >= 0.6 is 11.8 Å². The Bertz CT molecular complexity index is 463. The highest BCUT2D eigenvalue weighted by atomic mass is 32.2. The molecular weight excluding hydrogens is 252 g/mol. The van der Waals surface area contributed by atoms with E-state index in [-0.39, 0.29) is 5.91 Å². The minimum atomic E-state index is -0.548. The summed E-state index contributed by atoms with van der Waals surface area (Å²) in [7, 11) is 0. The summed E-state index contributed by atoms with van der Waals surface area (Å²) in [6, 6.07) is 3.10. The van der Waals surface area contributed by atoms with Crippen molar-refractivity contribution in [1.29, 1.82) is 0 Å². The van der Waals surface area contributed by atoms with Crippen molar-refractivity contribution in [3.8, 4) is 11.5 Å². The Labute approximate surface area is 110 Å². The molecule has 98 valence electrons. The van der Waals surface area contributed by atoms with Gasteiger partial charge in [0.05, 0.1) is 11.7 Å². The highest BCUT2D eigenvalue weighted by Crippen LogP contribution is 2.39. The van der Waals surface area contributed by atoms with Crippen molar-refractivity contribution >= 4 is 23.4 Å². The third-order valence-corrected chi connectivity index (χ3v) is 3.31. The maximum absolute atomic E-state index is 11.6. The van der Waals surface area contributed by atoms with E-state index in [4.69, 9.17) is 15.2 Å². The van der Waals surface area contributed by atoms with Crippen LogP contribution in [0.15, 0.2) is 17.0 Å². The third-order valence-electron chi connectivity index (χ3n) is 2.54. The Kier molecular flexibility index (Phi) is 3.98. The number of carbonyl (C=O) groups excluding carboxylic acids is 1. The van der Waals surface area contributed by atoms with Gasteiger partial charge in [-0.3, -0.25) is 4.79 Å². The minimum Gasteiger partial charge on any atom is -0.486 e. The van der Waals surface area contributed by atoms with Gasteiger partial charge in [0.15, 0.2) is 11.5 Å². The molecule has 0 saturated carbocycles. The first-order valence-corrected chi connectivity index (χ1v) is 6.88. The predicted octanol–water partition coefficient (Wildman–Crippen LogP) is 1.47. The molecular formula is C12H16N2O3S. The lowest BCUT2D eigenvalue weighted by Crippen LogP contribution is -2.32. The summed E-state index contributed by atoms with van der Waals surface area (Å²) >= 11 is 1.53. The SMILES string of the molecule is CSc1cc2c(cc1NC(=O)[C@H](C)N)OCCO2. The molecule has 0 unspecified atom stereocenters. The summed E-state index contributed by atoms with van der Waals surface area (Å²) in [5.74, 6) is 1.14. The number of carbonyl (C=O) groups is 1. The number of hydrogen-bond acceptors (Lipinski definition) is 5. The number of nitrogens with one attached hydrogen (secondary N) is 1.